The molecule has 0 saturated heterocycles. The molecular weight excluding hydrogens is 294 g/mol. The van der Waals surface area contributed by atoms with Crippen LogP contribution in [0.15, 0.2) is 48.5 Å². The number of aliphatic hydroxyl groups excluding tert-OH is 1. The van der Waals surface area contributed by atoms with Crippen LogP contribution in [-0.4, -0.2) is 37.9 Å². The molecule has 1 atom stereocenters. The van der Waals surface area contributed by atoms with Crippen LogP contribution >= 0.6 is 0 Å². The van der Waals surface area contributed by atoms with E-state index in [4.69, 9.17) is 9.47 Å². The molecule has 0 saturated carbocycles. The molecule has 5 nitrogen and oxygen atoms in total. The van der Waals surface area contributed by atoms with E-state index < -0.39 is 0 Å². The van der Waals surface area contributed by atoms with Crippen molar-refractivity contribution in [2.75, 3.05) is 20.8 Å². The van der Waals surface area contributed by atoms with Gasteiger partial charge < -0.3 is 19.9 Å². The molecule has 0 unspecified atom stereocenters. The van der Waals surface area contributed by atoms with Gasteiger partial charge in [-0.2, -0.15) is 0 Å². The molecule has 0 bridgehead atoms. The van der Waals surface area contributed by atoms with Gasteiger partial charge in [0.15, 0.2) is 11.5 Å². The summed E-state index contributed by atoms with van der Waals surface area (Å²) in [6.07, 6.45) is 0.566. The number of hydrogen-bond donors (Lipinski definition) is 2. The highest BCUT2D eigenvalue weighted by Crippen LogP contribution is 2.27. The third kappa shape index (κ3) is 4.47. The van der Waals surface area contributed by atoms with E-state index in [1.165, 1.54) is 7.11 Å². The SMILES string of the molecule is COc1ccc(C(=O)N[C@H](CO)Cc2ccccc2)cc1OC. The molecule has 2 aromatic rings. The summed E-state index contributed by atoms with van der Waals surface area (Å²) in [7, 11) is 3.06. The molecule has 23 heavy (non-hydrogen) atoms. The van der Waals surface area contributed by atoms with Crippen molar-refractivity contribution in [3.8, 4) is 11.5 Å². The normalized spacial score (nSPS) is 11.6. The van der Waals surface area contributed by atoms with Crippen LogP contribution in [0.2, 0.25) is 0 Å². The standard InChI is InChI=1S/C18H21NO4/c1-22-16-9-8-14(11-17(16)23-2)18(21)19-15(12-20)10-13-6-4-3-5-7-13/h3-9,11,15,20H,10,12H2,1-2H3,(H,19,21)/t15-/m0/s1. The first-order valence-corrected chi connectivity index (χ1v) is 7.35. The van der Waals surface area contributed by atoms with E-state index in [-0.39, 0.29) is 18.6 Å². The molecule has 2 N–H and O–H groups in total. The molecule has 0 fully saturated rings. The molecule has 2 rings (SSSR count). The predicted octanol–water partition coefficient (Wildman–Crippen LogP) is 2.04. The van der Waals surface area contributed by atoms with Gasteiger partial charge in [0, 0.05) is 5.56 Å². The number of aliphatic hydroxyl groups is 1. The topological polar surface area (TPSA) is 67.8 Å². The lowest BCUT2D eigenvalue weighted by atomic mass is 10.1. The Labute approximate surface area is 135 Å². The van der Waals surface area contributed by atoms with E-state index in [1.54, 1.807) is 25.3 Å². The average Bonchev–Trinajstić information content (AvgIpc) is 2.61. The Morgan fingerprint density at radius 1 is 1.09 bits per heavy atom. The Balaban J connectivity index is 2.07. The predicted molar refractivity (Wildman–Crippen MR) is 88.0 cm³/mol. The molecule has 122 valence electrons. The zero-order chi connectivity index (χ0) is 16.7. The molecule has 0 spiro atoms. The number of carbonyl (C=O) groups is 1. The minimum Gasteiger partial charge on any atom is -0.493 e. The van der Waals surface area contributed by atoms with E-state index in [0.29, 0.717) is 23.5 Å². The van der Waals surface area contributed by atoms with Crippen molar-refractivity contribution in [1.82, 2.24) is 5.32 Å². The summed E-state index contributed by atoms with van der Waals surface area (Å²) in [5, 5.41) is 12.3. The Bertz CT molecular complexity index is 643. The van der Waals surface area contributed by atoms with Gasteiger partial charge in [0.1, 0.15) is 0 Å². The molecule has 5 heteroatoms. The zero-order valence-electron chi connectivity index (χ0n) is 13.3. The minimum absolute atomic E-state index is 0.131. The summed E-state index contributed by atoms with van der Waals surface area (Å²) in [4.78, 5) is 12.4. The number of hydrogen-bond acceptors (Lipinski definition) is 4. The lowest BCUT2D eigenvalue weighted by molar-refractivity contribution is 0.0916. The van der Waals surface area contributed by atoms with Crippen LogP contribution < -0.4 is 14.8 Å². The van der Waals surface area contributed by atoms with E-state index >= 15 is 0 Å². The van der Waals surface area contributed by atoms with Gasteiger partial charge in [0.2, 0.25) is 0 Å². The van der Waals surface area contributed by atoms with Crippen molar-refractivity contribution >= 4 is 5.91 Å². The highest BCUT2D eigenvalue weighted by atomic mass is 16.5. The van der Waals surface area contributed by atoms with Gasteiger partial charge in [-0.05, 0) is 30.2 Å². The largest absolute Gasteiger partial charge is 0.493 e. The van der Waals surface area contributed by atoms with Crippen molar-refractivity contribution in [2.24, 2.45) is 0 Å². The van der Waals surface area contributed by atoms with Crippen molar-refractivity contribution in [1.29, 1.82) is 0 Å². The molecule has 2 aromatic carbocycles. The number of carbonyl (C=O) groups excluding carboxylic acids is 1. The van der Waals surface area contributed by atoms with Gasteiger partial charge in [0.25, 0.3) is 5.91 Å². The maximum atomic E-state index is 12.4. The van der Waals surface area contributed by atoms with Gasteiger partial charge in [-0.1, -0.05) is 30.3 Å². The van der Waals surface area contributed by atoms with Crippen molar-refractivity contribution < 1.29 is 19.4 Å². The first-order chi connectivity index (χ1) is 11.2. The molecule has 0 aromatic heterocycles. The molecule has 0 aliphatic carbocycles. The molecule has 0 aliphatic heterocycles. The van der Waals surface area contributed by atoms with Gasteiger partial charge in [0.05, 0.1) is 26.9 Å². The number of nitrogens with one attached hydrogen (secondary N) is 1. The summed E-state index contributed by atoms with van der Waals surface area (Å²) < 4.78 is 10.4. The van der Waals surface area contributed by atoms with E-state index in [0.717, 1.165) is 5.56 Å². The Morgan fingerprint density at radius 2 is 1.78 bits per heavy atom. The number of rotatable bonds is 7. The molecule has 0 radical (unpaired) electrons. The second-order valence-corrected chi connectivity index (χ2v) is 5.11. The van der Waals surface area contributed by atoms with Crippen LogP contribution in [0.4, 0.5) is 0 Å². The number of amides is 1. The Hall–Kier alpha value is -2.53. The highest BCUT2D eigenvalue weighted by molar-refractivity contribution is 5.95. The summed E-state index contributed by atoms with van der Waals surface area (Å²) in [5.41, 5.74) is 1.51. The van der Waals surface area contributed by atoms with Gasteiger partial charge in [-0.3, -0.25) is 4.79 Å². The summed E-state index contributed by atoms with van der Waals surface area (Å²) in [5.74, 6) is 0.789. The first kappa shape index (κ1) is 16.8. The maximum Gasteiger partial charge on any atom is 0.251 e. The van der Waals surface area contributed by atoms with Crippen LogP contribution in [0.3, 0.4) is 0 Å². The summed E-state index contributed by atoms with van der Waals surface area (Å²) >= 11 is 0. The molecular formula is C18H21NO4. The van der Waals surface area contributed by atoms with Crippen LogP contribution in [0, 0.1) is 0 Å². The highest BCUT2D eigenvalue weighted by Gasteiger charge is 2.15. The minimum atomic E-state index is -0.349. The summed E-state index contributed by atoms with van der Waals surface area (Å²) in [6, 6.07) is 14.3. The second-order valence-electron chi connectivity index (χ2n) is 5.11. The summed E-state index contributed by atoms with van der Waals surface area (Å²) in [6.45, 7) is -0.131. The van der Waals surface area contributed by atoms with E-state index in [2.05, 4.69) is 5.32 Å². The molecule has 1 amide bonds. The molecule has 0 heterocycles. The van der Waals surface area contributed by atoms with Crippen molar-refractivity contribution in [2.45, 2.75) is 12.5 Å². The second kappa shape index (κ2) is 8.19. The third-order valence-corrected chi connectivity index (χ3v) is 3.53. The van der Waals surface area contributed by atoms with Crippen LogP contribution in [-0.2, 0) is 6.42 Å². The van der Waals surface area contributed by atoms with Crippen molar-refractivity contribution in [3.05, 3.63) is 59.7 Å². The Kier molecular flexibility index (Phi) is 6.00. The quantitative estimate of drug-likeness (QED) is 0.820. The zero-order valence-corrected chi connectivity index (χ0v) is 13.3. The first-order valence-electron chi connectivity index (χ1n) is 7.35. The van der Waals surface area contributed by atoms with Gasteiger partial charge in [-0.25, -0.2) is 0 Å². The molecule has 0 aliphatic rings. The van der Waals surface area contributed by atoms with Crippen LogP contribution in [0.25, 0.3) is 0 Å². The van der Waals surface area contributed by atoms with Gasteiger partial charge in [-0.15, -0.1) is 0 Å². The fraction of sp³-hybridized carbons (Fsp3) is 0.278. The van der Waals surface area contributed by atoms with Crippen molar-refractivity contribution in [3.63, 3.8) is 0 Å². The number of methoxy groups -OCH3 is 2. The van der Waals surface area contributed by atoms with E-state index in [9.17, 15) is 9.90 Å². The Morgan fingerprint density at radius 3 is 2.39 bits per heavy atom. The lowest BCUT2D eigenvalue weighted by Gasteiger charge is -2.17. The third-order valence-electron chi connectivity index (χ3n) is 3.53. The fourth-order valence-electron chi connectivity index (χ4n) is 2.31. The monoisotopic (exact) mass is 315 g/mol. The average molecular weight is 315 g/mol. The van der Waals surface area contributed by atoms with Crippen LogP contribution in [0.1, 0.15) is 15.9 Å². The van der Waals surface area contributed by atoms with Crippen LogP contribution in [0.5, 0.6) is 11.5 Å². The number of benzene rings is 2. The lowest BCUT2D eigenvalue weighted by Crippen LogP contribution is -2.39. The number of ether oxygens (including phenoxy) is 2. The van der Waals surface area contributed by atoms with Gasteiger partial charge >= 0.3 is 0 Å². The van der Waals surface area contributed by atoms with E-state index in [1.807, 2.05) is 30.3 Å². The smallest absolute Gasteiger partial charge is 0.251 e. The maximum absolute atomic E-state index is 12.4. The fourth-order valence-corrected chi connectivity index (χ4v) is 2.31.